The predicted molar refractivity (Wildman–Crippen MR) is 61.2 cm³/mol. The van der Waals surface area contributed by atoms with Crippen molar-refractivity contribution in [3.63, 3.8) is 0 Å². The molecule has 2 rings (SSSR count). The number of fused-ring (bicyclic) bond motifs is 1. The Morgan fingerprint density at radius 1 is 1.47 bits per heavy atom. The van der Waals surface area contributed by atoms with Crippen LogP contribution in [-0.2, 0) is 17.6 Å². The summed E-state index contributed by atoms with van der Waals surface area (Å²) in [4.78, 5) is 11.2. The summed E-state index contributed by atoms with van der Waals surface area (Å²) >= 11 is 6.07. The third-order valence-electron chi connectivity index (χ3n) is 2.52. The van der Waals surface area contributed by atoms with Crippen LogP contribution in [0.1, 0.15) is 17.5 Å². The molecule has 0 saturated carbocycles. The van der Waals surface area contributed by atoms with Crippen molar-refractivity contribution in [2.75, 3.05) is 11.9 Å². The van der Waals surface area contributed by atoms with Gasteiger partial charge in [0, 0.05) is 0 Å². The van der Waals surface area contributed by atoms with Crippen LogP contribution in [0.3, 0.4) is 0 Å². The summed E-state index contributed by atoms with van der Waals surface area (Å²) in [7, 11) is 0. The second-order valence-corrected chi connectivity index (χ2v) is 4.14. The lowest BCUT2D eigenvalue weighted by atomic mass is 10.0. The molecule has 1 amide bonds. The van der Waals surface area contributed by atoms with E-state index in [2.05, 4.69) is 5.32 Å². The van der Waals surface area contributed by atoms with Crippen molar-refractivity contribution in [3.8, 4) is 0 Å². The number of anilines is 1. The maximum absolute atomic E-state index is 11.2. The third-order valence-corrected chi connectivity index (χ3v) is 2.81. The fourth-order valence-corrected chi connectivity index (χ4v) is 2.12. The molecule has 0 bridgehead atoms. The standard InChI is InChI=1S/C11H13ClN2O/c12-9-5-7(2-1-3-13)4-8-6-10(15)14-11(8)9/h4-5H,1-3,6,13H2,(H,14,15). The Kier molecular flexibility index (Phi) is 2.93. The van der Waals surface area contributed by atoms with E-state index in [0.717, 1.165) is 29.7 Å². The van der Waals surface area contributed by atoms with Crippen LogP contribution in [-0.4, -0.2) is 12.5 Å². The minimum atomic E-state index is 0.0166. The van der Waals surface area contributed by atoms with Crippen molar-refractivity contribution in [1.82, 2.24) is 0 Å². The van der Waals surface area contributed by atoms with Crippen LogP contribution in [0, 0.1) is 0 Å². The molecule has 1 heterocycles. The summed E-state index contributed by atoms with van der Waals surface area (Å²) < 4.78 is 0. The van der Waals surface area contributed by atoms with Crippen molar-refractivity contribution < 1.29 is 4.79 Å². The maximum Gasteiger partial charge on any atom is 0.228 e. The highest BCUT2D eigenvalue weighted by Gasteiger charge is 2.20. The van der Waals surface area contributed by atoms with E-state index >= 15 is 0 Å². The summed E-state index contributed by atoms with van der Waals surface area (Å²) in [6, 6.07) is 3.94. The summed E-state index contributed by atoms with van der Waals surface area (Å²) in [6.45, 7) is 0.673. The molecule has 0 aliphatic carbocycles. The number of carbonyl (C=O) groups excluding carboxylic acids is 1. The molecule has 4 heteroatoms. The van der Waals surface area contributed by atoms with Crippen molar-refractivity contribution >= 4 is 23.2 Å². The van der Waals surface area contributed by atoms with E-state index in [4.69, 9.17) is 17.3 Å². The molecule has 3 N–H and O–H groups in total. The lowest BCUT2D eigenvalue weighted by Crippen LogP contribution is -2.03. The highest BCUT2D eigenvalue weighted by molar-refractivity contribution is 6.34. The first kappa shape index (κ1) is 10.5. The molecule has 0 aromatic heterocycles. The number of nitrogens with two attached hydrogens (primary N) is 1. The molecule has 0 radical (unpaired) electrons. The van der Waals surface area contributed by atoms with Gasteiger partial charge >= 0.3 is 0 Å². The molecule has 0 fully saturated rings. The fraction of sp³-hybridized carbons (Fsp3) is 0.364. The van der Waals surface area contributed by atoms with E-state index in [0.29, 0.717) is 18.0 Å². The lowest BCUT2D eigenvalue weighted by molar-refractivity contribution is -0.115. The number of amides is 1. The molecular weight excluding hydrogens is 212 g/mol. The van der Waals surface area contributed by atoms with Crippen LogP contribution in [0.4, 0.5) is 5.69 Å². The van der Waals surface area contributed by atoms with Crippen molar-refractivity contribution in [1.29, 1.82) is 0 Å². The molecule has 0 saturated heterocycles. The Morgan fingerprint density at radius 2 is 2.27 bits per heavy atom. The topological polar surface area (TPSA) is 55.1 Å². The molecule has 15 heavy (non-hydrogen) atoms. The van der Waals surface area contributed by atoms with Crippen LogP contribution < -0.4 is 11.1 Å². The Bertz CT molecular complexity index is 404. The molecule has 0 unspecified atom stereocenters. The van der Waals surface area contributed by atoms with Gasteiger partial charge in [-0.3, -0.25) is 4.79 Å². The Labute approximate surface area is 93.6 Å². The molecule has 3 nitrogen and oxygen atoms in total. The van der Waals surface area contributed by atoms with Gasteiger partial charge in [-0.15, -0.1) is 0 Å². The summed E-state index contributed by atoms with van der Waals surface area (Å²) in [6.07, 6.45) is 2.29. The molecule has 1 aromatic carbocycles. The van der Waals surface area contributed by atoms with E-state index in [1.807, 2.05) is 12.1 Å². The van der Waals surface area contributed by atoms with E-state index in [1.165, 1.54) is 0 Å². The molecule has 0 spiro atoms. The van der Waals surface area contributed by atoms with Gasteiger partial charge in [-0.1, -0.05) is 17.7 Å². The van der Waals surface area contributed by atoms with Crippen LogP contribution in [0.2, 0.25) is 5.02 Å². The van der Waals surface area contributed by atoms with E-state index in [9.17, 15) is 4.79 Å². The van der Waals surface area contributed by atoms with Crippen LogP contribution >= 0.6 is 11.6 Å². The van der Waals surface area contributed by atoms with Gasteiger partial charge in [0.25, 0.3) is 0 Å². The quantitative estimate of drug-likeness (QED) is 0.822. The van der Waals surface area contributed by atoms with Gasteiger partial charge in [0.05, 0.1) is 17.1 Å². The number of halogens is 1. The first-order chi connectivity index (χ1) is 7.20. The van der Waals surface area contributed by atoms with Crippen molar-refractivity contribution in [2.45, 2.75) is 19.3 Å². The van der Waals surface area contributed by atoms with Crippen LogP contribution in [0.25, 0.3) is 0 Å². The minimum absolute atomic E-state index is 0.0166. The van der Waals surface area contributed by atoms with Crippen molar-refractivity contribution in [3.05, 3.63) is 28.3 Å². The lowest BCUT2D eigenvalue weighted by Gasteiger charge is -2.06. The van der Waals surface area contributed by atoms with Gasteiger partial charge in [-0.05, 0) is 36.6 Å². The molecule has 1 aromatic rings. The van der Waals surface area contributed by atoms with Crippen LogP contribution in [0.15, 0.2) is 12.1 Å². The molecular formula is C11H13ClN2O. The molecule has 80 valence electrons. The maximum atomic E-state index is 11.2. The highest BCUT2D eigenvalue weighted by atomic mass is 35.5. The Hall–Kier alpha value is -1.06. The van der Waals surface area contributed by atoms with Gasteiger partial charge in [0.2, 0.25) is 5.91 Å². The molecule has 0 atom stereocenters. The summed E-state index contributed by atoms with van der Waals surface area (Å²) in [5.74, 6) is 0.0166. The second kappa shape index (κ2) is 4.21. The van der Waals surface area contributed by atoms with Crippen LogP contribution in [0.5, 0.6) is 0 Å². The zero-order chi connectivity index (χ0) is 10.8. The Morgan fingerprint density at radius 3 is 3.00 bits per heavy atom. The number of carbonyl (C=O) groups is 1. The number of aryl methyl sites for hydroxylation is 1. The molecule has 1 aliphatic heterocycles. The summed E-state index contributed by atoms with van der Waals surface area (Å²) in [5.41, 5.74) is 8.38. The molecule has 1 aliphatic rings. The number of nitrogens with one attached hydrogen (secondary N) is 1. The predicted octanol–water partition coefficient (Wildman–Crippen LogP) is 1.73. The van der Waals surface area contributed by atoms with E-state index in [1.54, 1.807) is 0 Å². The van der Waals surface area contributed by atoms with Crippen molar-refractivity contribution in [2.24, 2.45) is 5.73 Å². The second-order valence-electron chi connectivity index (χ2n) is 3.73. The number of rotatable bonds is 3. The smallest absolute Gasteiger partial charge is 0.228 e. The number of benzene rings is 1. The van der Waals surface area contributed by atoms with E-state index in [-0.39, 0.29) is 5.91 Å². The van der Waals surface area contributed by atoms with E-state index < -0.39 is 0 Å². The largest absolute Gasteiger partial charge is 0.330 e. The van der Waals surface area contributed by atoms with Gasteiger partial charge in [0.15, 0.2) is 0 Å². The Balaban J connectivity index is 2.27. The average Bonchev–Trinajstić information content (AvgIpc) is 2.56. The summed E-state index contributed by atoms with van der Waals surface area (Å²) in [5, 5.41) is 3.38. The minimum Gasteiger partial charge on any atom is -0.330 e. The van der Waals surface area contributed by atoms with Gasteiger partial charge in [-0.25, -0.2) is 0 Å². The van der Waals surface area contributed by atoms with Gasteiger partial charge in [0.1, 0.15) is 0 Å². The number of hydrogen-bond acceptors (Lipinski definition) is 2. The first-order valence-electron chi connectivity index (χ1n) is 5.02. The SMILES string of the molecule is NCCCc1cc(Cl)c2c(c1)CC(=O)N2. The van der Waals surface area contributed by atoms with Gasteiger partial charge in [-0.2, -0.15) is 0 Å². The first-order valence-corrected chi connectivity index (χ1v) is 5.39. The fourth-order valence-electron chi connectivity index (χ4n) is 1.81. The number of hydrogen-bond donors (Lipinski definition) is 2. The zero-order valence-electron chi connectivity index (χ0n) is 8.35. The third kappa shape index (κ3) is 2.13. The zero-order valence-corrected chi connectivity index (χ0v) is 9.10. The average molecular weight is 225 g/mol. The van der Waals surface area contributed by atoms with Gasteiger partial charge < -0.3 is 11.1 Å². The highest BCUT2D eigenvalue weighted by Crippen LogP contribution is 2.32. The normalized spacial score (nSPS) is 13.9. The monoisotopic (exact) mass is 224 g/mol.